The van der Waals surface area contributed by atoms with Gasteiger partial charge in [0.05, 0.1) is 7.11 Å². The minimum absolute atomic E-state index is 0.260. The van der Waals surface area contributed by atoms with E-state index in [1.165, 1.54) is 17.4 Å². The van der Waals surface area contributed by atoms with Gasteiger partial charge in [-0.05, 0) is 53.9 Å². The first-order chi connectivity index (χ1) is 16.5. The quantitative estimate of drug-likeness (QED) is 0.301. The molecular weight excluding hydrogens is 475 g/mol. The van der Waals surface area contributed by atoms with E-state index in [4.69, 9.17) is 21.1 Å². The van der Waals surface area contributed by atoms with Crippen LogP contribution >= 0.6 is 22.9 Å². The molecule has 4 aromatic rings. The van der Waals surface area contributed by atoms with Crippen LogP contribution < -0.4 is 14.8 Å². The zero-order chi connectivity index (χ0) is 23.9. The van der Waals surface area contributed by atoms with E-state index in [0.29, 0.717) is 34.3 Å². The molecule has 0 aliphatic rings. The molecule has 0 atom stereocenters. The van der Waals surface area contributed by atoms with Crippen molar-refractivity contribution in [1.29, 1.82) is 0 Å². The molecule has 34 heavy (non-hydrogen) atoms. The van der Waals surface area contributed by atoms with E-state index in [-0.39, 0.29) is 18.2 Å². The average Bonchev–Trinajstić information content (AvgIpc) is 3.33. The van der Waals surface area contributed by atoms with Gasteiger partial charge >= 0.3 is 0 Å². The van der Waals surface area contributed by atoms with Crippen molar-refractivity contribution in [2.24, 2.45) is 0 Å². The van der Waals surface area contributed by atoms with Crippen molar-refractivity contribution in [3.8, 4) is 22.1 Å². The van der Waals surface area contributed by atoms with Gasteiger partial charge in [-0.15, -0.1) is 11.3 Å². The van der Waals surface area contributed by atoms with Crippen LogP contribution in [0.25, 0.3) is 10.6 Å². The molecule has 0 fully saturated rings. The zero-order valence-corrected chi connectivity index (χ0v) is 20.0. The Kier molecular flexibility index (Phi) is 7.77. The number of carbonyl (C=O) groups is 1. The van der Waals surface area contributed by atoms with E-state index >= 15 is 0 Å². The lowest BCUT2D eigenvalue weighted by Gasteiger charge is -2.08. The Balaban J connectivity index is 1.33. The third-order valence-corrected chi connectivity index (χ3v) is 6.17. The highest BCUT2D eigenvalue weighted by atomic mass is 35.5. The monoisotopic (exact) mass is 496 g/mol. The van der Waals surface area contributed by atoms with Crippen LogP contribution in [0.2, 0.25) is 5.02 Å². The molecule has 1 aromatic heterocycles. The fourth-order valence-electron chi connectivity index (χ4n) is 3.26. The van der Waals surface area contributed by atoms with E-state index < -0.39 is 5.82 Å². The Morgan fingerprint density at radius 1 is 1.06 bits per heavy atom. The summed E-state index contributed by atoms with van der Waals surface area (Å²) in [7, 11) is 1.62. The third kappa shape index (κ3) is 6.12. The third-order valence-electron chi connectivity index (χ3n) is 5.06. The molecule has 0 radical (unpaired) electrons. The summed E-state index contributed by atoms with van der Waals surface area (Å²) in [6, 6.07) is 19.6. The second kappa shape index (κ2) is 11.1. The minimum atomic E-state index is -0.468. The predicted octanol–water partition coefficient (Wildman–Crippen LogP) is 6.16. The SMILES string of the molecule is COc1ccc(CCNC(=O)c2csc(-c3ccc(OCc4cccc(Cl)c4)cc3F)n2)cc1. The second-order valence-electron chi connectivity index (χ2n) is 7.45. The lowest BCUT2D eigenvalue weighted by molar-refractivity contribution is 0.0950. The Labute approximate surface area is 206 Å². The number of nitrogens with zero attached hydrogens (tertiary/aromatic N) is 1. The summed E-state index contributed by atoms with van der Waals surface area (Å²) < 4.78 is 25.5. The van der Waals surface area contributed by atoms with Crippen LogP contribution in [0.3, 0.4) is 0 Å². The van der Waals surface area contributed by atoms with Crippen LogP contribution in [0.1, 0.15) is 21.6 Å². The van der Waals surface area contributed by atoms with Crippen LogP contribution in [0.15, 0.2) is 72.1 Å². The number of hydrogen-bond donors (Lipinski definition) is 1. The number of benzene rings is 3. The van der Waals surface area contributed by atoms with Crippen molar-refractivity contribution in [1.82, 2.24) is 10.3 Å². The van der Waals surface area contributed by atoms with Gasteiger partial charge in [0, 0.05) is 28.6 Å². The van der Waals surface area contributed by atoms with Crippen LogP contribution in [-0.2, 0) is 13.0 Å². The standard InChI is InChI=1S/C26H22ClFN2O3S/c1-32-20-7-5-17(6-8-20)11-12-29-25(31)24-16-34-26(30-24)22-10-9-21(14-23(22)28)33-15-18-3-2-4-19(27)13-18/h2-10,13-14,16H,11-12,15H2,1H3,(H,29,31). The van der Waals surface area contributed by atoms with Gasteiger partial charge in [-0.25, -0.2) is 9.37 Å². The maximum atomic E-state index is 14.7. The van der Waals surface area contributed by atoms with Gasteiger partial charge in [-0.1, -0.05) is 35.9 Å². The van der Waals surface area contributed by atoms with Gasteiger partial charge in [0.25, 0.3) is 5.91 Å². The molecule has 8 heteroatoms. The van der Waals surface area contributed by atoms with Crippen molar-refractivity contribution >= 4 is 28.8 Å². The summed E-state index contributed by atoms with van der Waals surface area (Å²) in [6.07, 6.45) is 0.679. The van der Waals surface area contributed by atoms with Gasteiger partial charge in [0.1, 0.15) is 34.6 Å². The summed E-state index contributed by atoms with van der Waals surface area (Å²) in [5, 5.41) is 5.53. The lowest BCUT2D eigenvalue weighted by Crippen LogP contribution is -2.25. The van der Waals surface area contributed by atoms with E-state index in [9.17, 15) is 9.18 Å². The lowest BCUT2D eigenvalue weighted by atomic mass is 10.1. The Morgan fingerprint density at radius 2 is 1.85 bits per heavy atom. The molecule has 0 unspecified atom stereocenters. The Hall–Kier alpha value is -3.42. The number of carbonyl (C=O) groups excluding carboxylic acids is 1. The predicted molar refractivity (Wildman–Crippen MR) is 132 cm³/mol. The van der Waals surface area contributed by atoms with Gasteiger partial charge in [-0.2, -0.15) is 0 Å². The van der Waals surface area contributed by atoms with E-state index in [0.717, 1.165) is 16.9 Å². The number of hydrogen-bond acceptors (Lipinski definition) is 5. The zero-order valence-electron chi connectivity index (χ0n) is 18.4. The number of amides is 1. The van der Waals surface area contributed by atoms with Crippen molar-refractivity contribution in [2.45, 2.75) is 13.0 Å². The molecule has 3 aromatic carbocycles. The van der Waals surface area contributed by atoms with E-state index in [1.807, 2.05) is 36.4 Å². The molecule has 0 spiro atoms. The topological polar surface area (TPSA) is 60.5 Å². The number of aromatic nitrogens is 1. The molecular formula is C26H22ClFN2O3S. The number of methoxy groups -OCH3 is 1. The molecule has 174 valence electrons. The molecule has 0 saturated carbocycles. The first-order valence-electron chi connectivity index (χ1n) is 10.6. The van der Waals surface area contributed by atoms with Crippen molar-refractivity contribution in [3.05, 3.63) is 99.8 Å². The van der Waals surface area contributed by atoms with Crippen LogP contribution in [0.5, 0.6) is 11.5 Å². The summed E-state index contributed by atoms with van der Waals surface area (Å²) >= 11 is 7.19. The molecule has 5 nitrogen and oxygen atoms in total. The first kappa shape index (κ1) is 23.7. The largest absolute Gasteiger partial charge is 0.497 e. The van der Waals surface area contributed by atoms with E-state index in [1.54, 1.807) is 36.8 Å². The molecule has 0 aliphatic carbocycles. The fourth-order valence-corrected chi connectivity index (χ4v) is 4.30. The van der Waals surface area contributed by atoms with E-state index in [2.05, 4.69) is 10.3 Å². The number of nitrogens with one attached hydrogen (secondary N) is 1. The van der Waals surface area contributed by atoms with Crippen molar-refractivity contribution in [3.63, 3.8) is 0 Å². The number of ether oxygens (including phenoxy) is 2. The smallest absolute Gasteiger partial charge is 0.270 e. The van der Waals surface area contributed by atoms with Gasteiger partial charge < -0.3 is 14.8 Å². The molecule has 0 aliphatic heterocycles. The first-order valence-corrected chi connectivity index (χ1v) is 11.8. The van der Waals surface area contributed by atoms with Gasteiger partial charge in [0.15, 0.2) is 0 Å². The summed E-state index contributed by atoms with van der Waals surface area (Å²) in [5.74, 6) is 0.423. The Morgan fingerprint density at radius 3 is 2.59 bits per heavy atom. The van der Waals surface area contributed by atoms with Gasteiger partial charge in [-0.3, -0.25) is 4.79 Å². The maximum Gasteiger partial charge on any atom is 0.270 e. The molecule has 4 rings (SSSR count). The van der Waals surface area contributed by atoms with Crippen molar-refractivity contribution < 1.29 is 18.7 Å². The molecule has 1 amide bonds. The number of halogens is 2. The molecule has 0 bridgehead atoms. The number of thiazole rings is 1. The summed E-state index contributed by atoms with van der Waals surface area (Å²) in [5.41, 5.74) is 2.55. The minimum Gasteiger partial charge on any atom is -0.497 e. The molecule has 1 heterocycles. The molecule has 1 N–H and O–H groups in total. The highest BCUT2D eigenvalue weighted by molar-refractivity contribution is 7.13. The average molecular weight is 497 g/mol. The Bertz CT molecular complexity index is 1280. The maximum absolute atomic E-state index is 14.7. The molecule has 0 saturated heterocycles. The highest BCUT2D eigenvalue weighted by Crippen LogP contribution is 2.29. The van der Waals surface area contributed by atoms with Crippen LogP contribution in [0, 0.1) is 5.82 Å². The second-order valence-corrected chi connectivity index (χ2v) is 8.75. The highest BCUT2D eigenvalue weighted by Gasteiger charge is 2.15. The van der Waals surface area contributed by atoms with Gasteiger partial charge in [0.2, 0.25) is 0 Å². The fraction of sp³-hybridized carbons (Fsp3) is 0.154. The normalized spacial score (nSPS) is 10.7. The van der Waals surface area contributed by atoms with Crippen LogP contribution in [0.4, 0.5) is 4.39 Å². The summed E-state index contributed by atoms with van der Waals surface area (Å²) in [4.78, 5) is 16.8. The van der Waals surface area contributed by atoms with Crippen molar-refractivity contribution in [2.75, 3.05) is 13.7 Å². The summed E-state index contributed by atoms with van der Waals surface area (Å²) in [6.45, 7) is 0.739. The number of rotatable bonds is 9. The van der Waals surface area contributed by atoms with Crippen LogP contribution in [-0.4, -0.2) is 24.5 Å².